The zero-order chi connectivity index (χ0) is 21.1. The number of anilines is 3. The first-order valence-corrected chi connectivity index (χ1v) is 10.9. The van der Waals surface area contributed by atoms with E-state index in [0.717, 1.165) is 11.3 Å². The van der Waals surface area contributed by atoms with Crippen LogP contribution in [0.15, 0.2) is 46.8 Å². The fourth-order valence-electron chi connectivity index (χ4n) is 2.36. The number of hydrogen-bond donors (Lipinski definition) is 2. The van der Waals surface area contributed by atoms with Gasteiger partial charge in [0, 0.05) is 12.1 Å². The van der Waals surface area contributed by atoms with Crippen LogP contribution in [0.3, 0.4) is 0 Å². The van der Waals surface area contributed by atoms with Crippen LogP contribution in [0.5, 0.6) is 0 Å². The molecule has 2 heterocycles. The van der Waals surface area contributed by atoms with Crippen LogP contribution in [-0.4, -0.2) is 31.8 Å². The van der Waals surface area contributed by atoms with Gasteiger partial charge in [0.05, 0.1) is 26.6 Å². The van der Waals surface area contributed by atoms with Crippen molar-refractivity contribution in [3.63, 3.8) is 0 Å². The Morgan fingerprint density at radius 3 is 2.80 bits per heavy atom. The van der Waals surface area contributed by atoms with Crippen LogP contribution < -0.4 is 10.6 Å². The summed E-state index contributed by atoms with van der Waals surface area (Å²) in [4.78, 5) is 26.8. The highest BCUT2D eigenvalue weighted by Gasteiger charge is 2.13. The number of hydrogen-bond acceptors (Lipinski definition) is 10. The van der Waals surface area contributed by atoms with Gasteiger partial charge in [-0.1, -0.05) is 46.6 Å². The number of non-ortho nitro benzene ring substituents is 1. The van der Waals surface area contributed by atoms with Gasteiger partial charge in [-0.25, -0.2) is 9.37 Å². The van der Waals surface area contributed by atoms with Gasteiger partial charge in [0.1, 0.15) is 5.82 Å². The predicted molar refractivity (Wildman–Crippen MR) is 115 cm³/mol. The number of amides is 1. The lowest BCUT2D eigenvalue weighted by molar-refractivity contribution is -0.384. The van der Waals surface area contributed by atoms with Crippen molar-refractivity contribution in [3.8, 4) is 0 Å². The normalized spacial score (nSPS) is 10.8. The molecular weight excluding hydrogens is 451 g/mol. The molecule has 13 heteroatoms. The Morgan fingerprint density at radius 2 is 2.00 bits per heavy atom. The van der Waals surface area contributed by atoms with Crippen molar-refractivity contribution >= 4 is 72.2 Å². The first-order valence-electron chi connectivity index (χ1n) is 8.30. The number of halogens is 1. The number of aromatic nitrogens is 3. The van der Waals surface area contributed by atoms with E-state index >= 15 is 0 Å². The Labute approximate surface area is 180 Å². The Kier molecular flexibility index (Phi) is 5.83. The van der Waals surface area contributed by atoms with Gasteiger partial charge in [0.15, 0.2) is 9.47 Å². The fourth-order valence-corrected chi connectivity index (χ4v) is 4.84. The van der Waals surface area contributed by atoms with Crippen LogP contribution in [0.2, 0.25) is 0 Å². The topological polar surface area (TPSA) is 123 Å². The molecule has 30 heavy (non-hydrogen) atoms. The zero-order valence-corrected chi connectivity index (χ0v) is 17.3. The Balaban J connectivity index is 1.34. The van der Waals surface area contributed by atoms with Gasteiger partial charge in [-0.2, -0.15) is 0 Å². The molecule has 0 spiro atoms. The van der Waals surface area contributed by atoms with E-state index in [9.17, 15) is 19.3 Å². The monoisotopic (exact) mass is 462 g/mol. The van der Waals surface area contributed by atoms with Crippen molar-refractivity contribution in [2.45, 2.75) is 4.34 Å². The fraction of sp³-hybridized carbons (Fsp3) is 0.0588. The van der Waals surface area contributed by atoms with Crippen LogP contribution >= 0.6 is 34.4 Å². The molecule has 9 nitrogen and oxygen atoms in total. The molecule has 0 aliphatic carbocycles. The first kappa shape index (κ1) is 20.1. The molecule has 0 fully saturated rings. The van der Waals surface area contributed by atoms with Crippen molar-refractivity contribution in [2.75, 3.05) is 16.4 Å². The number of carbonyl (C=O) groups excluding carboxylic acids is 1. The van der Waals surface area contributed by atoms with Crippen LogP contribution in [0.4, 0.5) is 26.0 Å². The molecule has 0 aliphatic rings. The van der Waals surface area contributed by atoms with E-state index in [4.69, 9.17) is 0 Å². The summed E-state index contributed by atoms with van der Waals surface area (Å²) in [6.07, 6.45) is 0. The summed E-state index contributed by atoms with van der Waals surface area (Å²) < 4.78 is 14.8. The molecule has 2 aromatic carbocycles. The van der Waals surface area contributed by atoms with E-state index in [-0.39, 0.29) is 17.3 Å². The number of nitro groups is 1. The number of nitrogens with one attached hydrogen (secondary N) is 2. The van der Waals surface area contributed by atoms with E-state index in [1.165, 1.54) is 41.3 Å². The lowest BCUT2D eigenvalue weighted by Crippen LogP contribution is -2.13. The molecule has 152 valence electrons. The zero-order valence-electron chi connectivity index (χ0n) is 14.9. The Morgan fingerprint density at radius 1 is 1.17 bits per heavy atom. The van der Waals surface area contributed by atoms with Crippen molar-refractivity contribution in [1.29, 1.82) is 0 Å². The standard InChI is InChI=1S/C17H11FN6O3S3/c18-10-3-1-2-4-11(10)19-16-22-23-17(30-16)28-8-14(25)21-15-20-12-6-5-9(24(26)27)7-13(12)29-15/h1-7H,8H2,(H,19,22)(H,20,21,25). The molecule has 2 N–H and O–H groups in total. The predicted octanol–water partition coefficient (Wildman–Crippen LogP) is 4.67. The first-order chi connectivity index (χ1) is 14.5. The van der Waals surface area contributed by atoms with Crippen molar-refractivity contribution in [2.24, 2.45) is 0 Å². The second-order valence-corrected chi connectivity index (χ2v) is 8.97. The van der Waals surface area contributed by atoms with E-state index in [1.807, 2.05) is 0 Å². The van der Waals surface area contributed by atoms with Crippen molar-refractivity contribution in [3.05, 3.63) is 58.4 Å². The molecule has 0 radical (unpaired) electrons. The van der Waals surface area contributed by atoms with Gasteiger partial charge in [0.2, 0.25) is 11.0 Å². The summed E-state index contributed by atoms with van der Waals surface area (Å²) in [5.41, 5.74) is 0.830. The van der Waals surface area contributed by atoms with Gasteiger partial charge in [-0.05, 0) is 18.2 Å². The number of nitro benzene ring substituents is 1. The molecule has 0 saturated heterocycles. The third-order valence-electron chi connectivity index (χ3n) is 3.68. The van der Waals surface area contributed by atoms with E-state index < -0.39 is 10.7 Å². The van der Waals surface area contributed by atoms with Crippen molar-refractivity contribution < 1.29 is 14.1 Å². The van der Waals surface area contributed by atoms with Crippen LogP contribution in [0.1, 0.15) is 0 Å². The van der Waals surface area contributed by atoms with Crippen LogP contribution in [0.25, 0.3) is 10.2 Å². The lowest BCUT2D eigenvalue weighted by Gasteiger charge is -2.01. The number of benzene rings is 2. The molecule has 4 aromatic rings. The van der Waals surface area contributed by atoms with Gasteiger partial charge in [-0.3, -0.25) is 14.9 Å². The van der Waals surface area contributed by atoms with Gasteiger partial charge in [-0.15, -0.1) is 10.2 Å². The maximum absolute atomic E-state index is 13.7. The van der Waals surface area contributed by atoms with Crippen LogP contribution in [0, 0.1) is 15.9 Å². The number of thiazole rings is 1. The minimum absolute atomic E-state index is 0.0318. The minimum Gasteiger partial charge on any atom is -0.328 e. The second-order valence-electron chi connectivity index (χ2n) is 5.74. The molecule has 0 aliphatic heterocycles. The van der Waals surface area contributed by atoms with Gasteiger partial charge < -0.3 is 10.6 Å². The van der Waals surface area contributed by atoms with Gasteiger partial charge in [0.25, 0.3) is 5.69 Å². The summed E-state index contributed by atoms with van der Waals surface area (Å²) >= 11 is 3.54. The highest BCUT2D eigenvalue weighted by Crippen LogP contribution is 2.31. The molecule has 1 amide bonds. The molecule has 4 rings (SSSR count). The molecule has 0 atom stereocenters. The number of carbonyl (C=O) groups is 1. The molecule has 0 saturated carbocycles. The average Bonchev–Trinajstić information content (AvgIpc) is 3.33. The number of fused-ring (bicyclic) bond motifs is 1. The second kappa shape index (κ2) is 8.69. The van der Waals surface area contributed by atoms with E-state index in [0.29, 0.717) is 30.5 Å². The maximum Gasteiger partial charge on any atom is 0.270 e. The molecule has 0 bridgehead atoms. The summed E-state index contributed by atoms with van der Waals surface area (Å²) in [5.74, 6) is -0.625. The lowest BCUT2D eigenvalue weighted by atomic mass is 10.3. The summed E-state index contributed by atoms with van der Waals surface area (Å²) in [6, 6.07) is 10.5. The maximum atomic E-state index is 13.7. The van der Waals surface area contributed by atoms with Crippen molar-refractivity contribution in [1.82, 2.24) is 15.2 Å². The van der Waals surface area contributed by atoms with Crippen LogP contribution in [-0.2, 0) is 4.79 Å². The number of nitrogens with zero attached hydrogens (tertiary/aromatic N) is 4. The molecule has 2 aromatic heterocycles. The third kappa shape index (κ3) is 4.69. The number of thioether (sulfide) groups is 1. The Bertz CT molecular complexity index is 1240. The van der Waals surface area contributed by atoms with E-state index in [1.54, 1.807) is 24.3 Å². The summed E-state index contributed by atoms with van der Waals surface area (Å²) in [5, 5.41) is 25.1. The molecule has 0 unspecified atom stereocenters. The third-order valence-corrected chi connectivity index (χ3v) is 6.58. The van der Waals surface area contributed by atoms with E-state index in [2.05, 4.69) is 25.8 Å². The SMILES string of the molecule is O=C(CSc1nnc(Nc2ccccc2F)s1)Nc1nc2ccc([N+](=O)[O-])cc2s1. The molecular formula is C17H11FN6O3S3. The quantitative estimate of drug-likeness (QED) is 0.231. The highest BCUT2D eigenvalue weighted by molar-refractivity contribution is 8.01. The largest absolute Gasteiger partial charge is 0.328 e. The summed E-state index contributed by atoms with van der Waals surface area (Å²) in [6.45, 7) is 0. The number of rotatable bonds is 7. The highest BCUT2D eigenvalue weighted by atomic mass is 32.2. The smallest absolute Gasteiger partial charge is 0.270 e. The average molecular weight is 463 g/mol. The number of para-hydroxylation sites is 1. The summed E-state index contributed by atoms with van der Waals surface area (Å²) in [7, 11) is 0. The Hall–Kier alpha value is -3.16. The van der Waals surface area contributed by atoms with Gasteiger partial charge >= 0.3 is 0 Å². The minimum atomic E-state index is -0.481.